The molecule has 0 aromatic heterocycles. The fourth-order valence-electron chi connectivity index (χ4n) is 2.59. The monoisotopic (exact) mass is 516 g/mol. The molecule has 3 aromatic carbocycles. The Morgan fingerprint density at radius 1 is 1.07 bits per heavy atom. The first kappa shape index (κ1) is 21.1. The van der Waals surface area contributed by atoms with Crippen molar-refractivity contribution in [1.29, 1.82) is 0 Å². The highest BCUT2D eigenvalue weighted by molar-refractivity contribution is 9.10. The van der Waals surface area contributed by atoms with Gasteiger partial charge in [-0.1, -0.05) is 59.1 Å². The Bertz CT molecular complexity index is 1110. The Balaban J connectivity index is 1.87. The molecule has 9 heteroatoms. The van der Waals surface area contributed by atoms with Gasteiger partial charge in [0.25, 0.3) is 5.91 Å². The zero-order valence-corrected chi connectivity index (χ0v) is 18.9. The minimum Gasteiger partial charge on any atom is -0.495 e. The average Bonchev–Trinajstić information content (AvgIpc) is 2.66. The van der Waals surface area contributed by atoms with E-state index in [1.54, 1.807) is 6.07 Å². The second-order valence-electron chi connectivity index (χ2n) is 5.65. The van der Waals surface area contributed by atoms with Gasteiger partial charge in [0.1, 0.15) is 5.75 Å². The number of halogens is 4. The van der Waals surface area contributed by atoms with Crippen LogP contribution in [0.25, 0.3) is 10.8 Å². The Kier molecular flexibility index (Phi) is 6.68. The SMILES string of the molecule is COc1c(C(=O)NC(=S)Nc2cc(Cl)c(Cl)cc2Cl)cc2ccccc2c1Br. The first-order valence-corrected chi connectivity index (χ1v) is 10.2. The lowest BCUT2D eigenvalue weighted by Crippen LogP contribution is -2.34. The van der Waals surface area contributed by atoms with Gasteiger partial charge in [-0.25, -0.2) is 0 Å². The number of thiocarbonyl (C=S) groups is 1. The Morgan fingerprint density at radius 3 is 2.46 bits per heavy atom. The van der Waals surface area contributed by atoms with E-state index in [-0.39, 0.29) is 5.11 Å². The van der Waals surface area contributed by atoms with Gasteiger partial charge < -0.3 is 10.1 Å². The van der Waals surface area contributed by atoms with E-state index in [0.29, 0.717) is 36.5 Å². The molecule has 0 aliphatic heterocycles. The van der Waals surface area contributed by atoms with E-state index in [2.05, 4.69) is 26.6 Å². The average molecular weight is 519 g/mol. The summed E-state index contributed by atoms with van der Waals surface area (Å²) in [6, 6.07) is 12.4. The largest absolute Gasteiger partial charge is 0.495 e. The van der Waals surface area contributed by atoms with E-state index in [0.717, 1.165) is 10.8 Å². The van der Waals surface area contributed by atoms with Gasteiger partial charge in [-0.3, -0.25) is 10.1 Å². The molecule has 1 amide bonds. The Labute approximate surface area is 190 Å². The van der Waals surface area contributed by atoms with Crippen LogP contribution in [0.5, 0.6) is 5.75 Å². The van der Waals surface area contributed by atoms with Crippen molar-refractivity contribution in [2.45, 2.75) is 0 Å². The summed E-state index contributed by atoms with van der Waals surface area (Å²) in [5.41, 5.74) is 0.755. The maximum atomic E-state index is 12.8. The molecule has 2 N–H and O–H groups in total. The van der Waals surface area contributed by atoms with Crippen molar-refractivity contribution in [2.24, 2.45) is 0 Å². The number of ether oxygens (including phenoxy) is 1. The van der Waals surface area contributed by atoms with E-state index >= 15 is 0 Å². The molecule has 0 spiro atoms. The van der Waals surface area contributed by atoms with Crippen LogP contribution in [0, 0.1) is 0 Å². The number of carbonyl (C=O) groups excluding carboxylic acids is 1. The molecule has 144 valence electrons. The van der Waals surface area contributed by atoms with Crippen LogP contribution in [0.2, 0.25) is 15.1 Å². The molecule has 0 saturated carbocycles. The number of hydrogen-bond acceptors (Lipinski definition) is 3. The summed E-state index contributed by atoms with van der Waals surface area (Å²) in [5, 5.41) is 8.26. The topological polar surface area (TPSA) is 50.4 Å². The molecular formula is C19H12BrCl3N2O2S. The third-order valence-electron chi connectivity index (χ3n) is 3.88. The number of hydrogen-bond donors (Lipinski definition) is 2. The standard InChI is InChI=1S/C19H12BrCl3N2O2S/c1-27-17-11(6-9-4-2-3-5-10(9)16(17)20)18(26)25-19(28)24-15-8-13(22)12(21)7-14(15)23/h2-8H,1H3,(H2,24,25,26,28). The van der Waals surface area contributed by atoms with Gasteiger partial charge in [0, 0.05) is 0 Å². The summed E-state index contributed by atoms with van der Waals surface area (Å²) < 4.78 is 6.11. The normalized spacial score (nSPS) is 10.6. The first-order chi connectivity index (χ1) is 13.3. The van der Waals surface area contributed by atoms with Gasteiger partial charge in [-0.05, 0) is 57.1 Å². The van der Waals surface area contributed by atoms with Crippen LogP contribution >= 0.6 is 63.0 Å². The molecule has 3 aromatic rings. The van der Waals surface area contributed by atoms with Crippen molar-refractivity contribution in [3.05, 3.63) is 67.6 Å². The van der Waals surface area contributed by atoms with Gasteiger partial charge in [0.2, 0.25) is 0 Å². The minimum absolute atomic E-state index is 0.0524. The van der Waals surface area contributed by atoms with Gasteiger partial charge in [0.05, 0.1) is 37.9 Å². The highest BCUT2D eigenvalue weighted by Crippen LogP contribution is 2.36. The van der Waals surface area contributed by atoms with Crippen LogP contribution in [-0.4, -0.2) is 18.1 Å². The molecule has 0 aliphatic carbocycles. The molecule has 0 bridgehead atoms. The summed E-state index contributed by atoms with van der Waals surface area (Å²) in [6.07, 6.45) is 0. The summed E-state index contributed by atoms with van der Waals surface area (Å²) in [5.74, 6) is -0.0245. The van der Waals surface area contributed by atoms with Crippen molar-refractivity contribution in [3.63, 3.8) is 0 Å². The van der Waals surface area contributed by atoms with Crippen LogP contribution in [0.15, 0.2) is 46.9 Å². The maximum absolute atomic E-state index is 12.8. The number of fused-ring (bicyclic) bond motifs is 1. The summed E-state index contributed by atoms with van der Waals surface area (Å²) in [6.45, 7) is 0. The van der Waals surface area contributed by atoms with Gasteiger partial charge in [-0.2, -0.15) is 0 Å². The number of anilines is 1. The van der Waals surface area contributed by atoms with Crippen molar-refractivity contribution >= 4 is 90.4 Å². The lowest BCUT2D eigenvalue weighted by molar-refractivity contribution is 0.0975. The van der Waals surface area contributed by atoms with Gasteiger partial charge >= 0.3 is 0 Å². The fourth-order valence-corrected chi connectivity index (χ4v) is 4.13. The molecule has 0 radical (unpaired) electrons. The van der Waals surface area contributed by atoms with E-state index < -0.39 is 5.91 Å². The molecule has 0 aliphatic rings. The van der Waals surface area contributed by atoms with E-state index in [1.165, 1.54) is 19.2 Å². The van der Waals surface area contributed by atoms with Gasteiger partial charge in [-0.15, -0.1) is 0 Å². The van der Waals surface area contributed by atoms with E-state index in [4.69, 9.17) is 51.8 Å². The molecule has 28 heavy (non-hydrogen) atoms. The number of carbonyl (C=O) groups is 1. The third kappa shape index (κ3) is 4.36. The van der Waals surface area contributed by atoms with Gasteiger partial charge in [0.15, 0.2) is 5.11 Å². The minimum atomic E-state index is -0.433. The first-order valence-electron chi connectivity index (χ1n) is 7.84. The van der Waals surface area contributed by atoms with Crippen molar-refractivity contribution < 1.29 is 9.53 Å². The Morgan fingerprint density at radius 2 is 1.75 bits per heavy atom. The van der Waals surface area contributed by atoms with Crippen LogP contribution in [0.4, 0.5) is 5.69 Å². The number of methoxy groups -OCH3 is 1. The van der Waals surface area contributed by atoms with Crippen molar-refractivity contribution in [3.8, 4) is 5.75 Å². The Hall–Kier alpha value is -1.57. The summed E-state index contributed by atoms with van der Waals surface area (Å²) >= 11 is 26.8. The second-order valence-corrected chi connectivity index (χ2v) is 8.07. The fraction of sp³-hybridized carbons (Fsp3) is 0.0526. The number of nitrogens with one attached hydrogen (secondary N) is 2. The summed E-state index contributed by atoms with van der Waals surface area (Å²) in [7, 11) is 1.50. The molecule has 0 heterocycles. The molecule has 0 unspecified atom stereocenters. The molecule has 0 saturated heterocycles. The van der Waals surface area contributed by atoms with E-state index in [1.807, 2.05) is 24.3 Å². The van der Waals surface area contributed by atoms with Crippen molar-refractivity contribution in [1.82, 2.24) is 5.32 Å². The van der Waals surface area contributed by atoms with Crippen molar-refractivity contribution in [2.75, 3.05) is 12.4 Å². The molecule has 4 nitrogen and oxygen atoms in total. The molecule has 3 rings (SSSR count). The van der Waals surface area contributed by atoms with Crippen LogP contribution < -0.4 is 15.4 Å². The maximum Gasteiger partial charge on any atom is 0.261 e. The predicted molar refractivity (Wildman–Crippen MR) is 123 cm³/mol. The summed E-state index contributed by atoms with van der Waals surface area (Å²) in [4.78, 5) is 12.8. The smallest absolute Gasteiger partial charge is 0.261 e. The lowest BCUT2D eigenvalue weighted by Gasteiger charge is -2.15. The zero-order valence-electron chi connectivity index (χ0n) is 14.3. The molecule has 0 atom stereocenters. The highest BCUT2D eigenvalue weighted by atomic mass is 79.9. The molecular weight excluding hydrogens is 507 g/mol. The van der Waals surface area contributed by atoms with Crippen LogP contribution in [0.1, 0.15) is 10.4 Å². The quantitative estimate of drug-likeness (QED) is 0.299. The zero-order chi connectivity index (χ0) is 20.4. The number of benzene rings is 3. The number of amides is 1. The second kappa shape index (κ2) is 8.84. The predicted octanol–water partition coefficient (Wildman–Crippen LogP) is 6.70. The number of rotatable bonds is 3. The molecule has 0 fully saturated rings. The van der Waals surface area contributed by atoms with Crippen LogP contribution in [-0.2, 0) is 0 Å². The third-order valence-corrected chi connectivity index (χ3v) is 5.90. The van der Waals surface area contributed by atoms with E-state index in [9.17, 15) is 4.79 Å². The lowest BCUT2D eigenvalue weighted by atomic mass is 10.1. The highest BCUT2D eigenvalue weighted by Gasteiger charge is 2.19. The van der Waals surface area contributed by atoms with Crippen LogP contribution in [0.3, 0.4) is 0 Å².